The van der Waals surface area contributed by atoms with E-state index in [0.29, 0.717) is 25.9 Å². The molecular weight excluding hydrogens is 228 g/mol. The highest BCUT2D eigenvalue weighted by Gasteiger charge is 2.11. The predicted octanol–water partition coefficient (Wildman–Crippen LogP) is 3.37. The molecule has 0 aliphatic heterocycles. The fourth-order valence-electron chi connectivity index (χ4n) is 1.79. The van der Waals surface area contributed by atoms with Crippen LogP contribution in [0.5, 0.6) is 0 Å². The van der Waals surface area contributed by atoms with Crippen LogP contribution in [-0.2, 0) is 9.53 Å². The first-order valence-corrected chi connectivity index (χ1v) is 6.88. The lowest BCUT2D eigenvalue weighted by Gasteiger charge is -2.12. The summed E-state index contributed by atoms with van der Waals surface area (Å²) in [6.07, 6.45) is 5.31. The summed E-state index contributed by atoms with van der Waals surface area (Å²) in [6.45, 7) is 7.96. The molecule has 0 aliphatic rings. The topological polar surface area (TPSA) is 46.5 Å². The number of aliphatic hydroxyl groups excluding tert-OH is 1. The van der Waals surface area contributed by atoms with Crippen LogP contribution < -0.4 is 0 Å². The molecule has 3 nitrogen and oxygen atoms in total. The van der Waals surface area contributed by atoms with Gasteiger partial charge in [0.05, 0.1) is 12.7 Å². The van der Waals surface area contributed by atoms with Gasteiger partial charge in [0.15, 0.2) is 0 Å². The van der Waals surface area contributed by atoms with Gasteiger partial charge in [-0.25, -0.2) is 0 Å². The third-order valence-corrected chi connectivity index (χ3v) is 2.84. The molecule has 0 unspecified atom stereocenters. The number of carbonyl (C=O) groups is 1. The van der Waals surface area contributed by atoms with Gasteiger partial charge < -0.3 is 9.84 Å². The van der Waals surface area contributed by atoms with E-state index < -0.39 is 6.10 Å². The number of esters is 1. The van der Waals surface area contributed by atoms with E-state index in [0.717, 1.165) is 31.3 Å². The predicted molar refractivity (Wildman–Crippen MR) is 73.3 cm³/mol. The van der Waals surface area contributed by atoms with Gasteiger partial charge in [0.25, 0.3) is 0 Å². The van der Waals surface area contributed by atoms with Crippen LogP contribution in [0.25, 0.3) is 0 Å². The fraction of sp³-hybridized carbons (Fsp3) is 0.733. The summed E-state index contributed by atoms with van der Waals surface area (Å²) in [4.78, 5) is 11.2. The van der Waals surface area contributed by atoms with Crippen molar-refractivity contribution in [2.24, 2.45) is 0 Å². The van der Waals surface area contributed by atoms with Crippen LogP contribution in [-0.4, -0.2) is 23.8 Å². The van der Waals surface area contributed by atoms with Crippen LogP contribution >= 0.6 is 0 Å². The number of hydrogen-bond acceptors (Lipinski definition) is 3. The van der Waals surface area contributed by atoms with E-state index in [1.807, 2.05) is 0 Å². The summed E-state index contributed by atoms with van der Waals surface area (Å²) in [5.74, 6) is -0.179. The van der Waals surface area contributed by atoms with Gasteiger partial charge in [-0.05, 0) is 31.8 Å². The van der Waals surface area contributed by atoms with Crippen molar-refractivity contribution in [3.63, 3.8) is 0 Å². The molecule has 1 N–H and O–H groups in total. The van der Waals surface area contributed by atoms with Crippen molar-refractivity contribution in [1.82, 2.24) is 0 Å². The molecule has 18 heavy (non-hydrogen) atoms. The zero-order chi connectivity index (χ0) is 13.8. The van der Waals surface area contributed by atoms with Crippen molar-refractivity contribution in [2.45, 2.75) is 64.9 Å². The first-order chi connectivity index (χ1) is 8.65. The monoisotopic (exact) mass is 254 g/mol. The SMILES string of the molecule is C=C=C(CCCC(=O)OCC)[C@H](O)CCCCC. The second kappa shape index (κ2) is 11.1. The molecule has 0 aliphatic carbocycles. The number of unbranched alkanes of at least 4 members (excludes halogenated alkanes) is 2. The Morgan fingerprint density at radius 2 is 2.00 bits per heavy atom. The van der Waals surface area contributed by atoms with Crippen LogP contribution in [0.1, 0.15) is 58.8 Å². The van der Waals surface area contributed by atoms with Crippen LogP contribution in [0.4, 0.5) is 0 Å². The molecule has 0 saturated heterocycles. The summed E-state index contributed by atoms with van der Waals surface area (Å²) in [5, 5.41) is 9.95. The first kappa shape index (κ1) is 16.9. The highest BCUT2D eigenvalue weighted by atomic mass is 16.5. The molecule has 0 amide bonds. The van der Waals surface area contributed by atoms with E-state index in [-0.39, 0.29) is 5.97 Å². The summed E-state index contributed by atoms with van der Waals surface area (Å²) >= 11 is 0. The lowest BCUT2D eigenvalue weighted by molar-refractivity contribution is -0.143. The van der Waals surface area contributed by atoms with E-state index in [1.54, 1.807) is 6.92 Å². The molecular formula is C15H26O3. The molecule has 0 aromatic rings. The molecule has 0 spiro atoms. The standard InChI is InChI=1S/C15H26O3/c1-4-7-8-11-14(16)13(5-2)10-9-12-15(17)18-6-3/h14,16H,2,4,6-12H2,1,3H3/t14-/m1/s1. The van der Waals surface area contributed by atoms with Crippen LogP contribution in [0.15, 0.2) is 17.9 Å². The quantitative estimate of drug-likeness (QED) is 0.369. The van der Waals surface area contributed by atoms with Gasteiger partial charge in [0.2, 0.25) is 0 Å². The minimum absolute atomic E-state index is 0.179. The van der Waals surface area contributed by atoms with Gasteiger partial charge in [-0.1, -0.05) is 32.8 Å². The average molecular weight is 254 g/mol. The minimum atomic E-state index is -0.462. The van der Waals surface area contributed by atoms with Gasteiger partial charge in [0, 0.05) is 6.42 Å². The minimum Gasteiger partial charge on any atom is -0.466 e. The lowest BCUT2D eigenvalue weighted by Crippen LogP contribution is -2.11. The Morgan fingerprint density at radius 1 is 1.28 bits per heavy atom. The van der Waals surface area contributed by atoms with E-state index in [2.05, 4.69) is 19.2 Å². The molecule has 0 fully saturated rings. The number of hydrogen-bond donors (Lipinski definition) is 1. The Balaban J connectivity index is 3.90. The highest BCUT2D eigenvalue weighted by molar-refractivity contribution is 5.69. The summed E-state index contributed by atoms with van der Waals surface area (Å²) in [6, 6.07) is 0. The van der Waals surface area contributed by atoms with Crippen molar-refractivity contribution < 1.29 is 14.6 Å². The molecule has 0 aromatic heterocycles. The molecule has 0 radical (unpaired) electrons. The highest BCUT2D eigenvalue weighted by Crippen LogP contribution is 2.16. The molecule has 1 atom stereocenters. The van der Waals surface area contributed by atoms with Crippen molar-refractivity contribution in [2.75, 3.05) is 6.61 Å². The van der Waals surface area contributed by atoms with Crippen molar-refractivity contribution in [3.8, 4) is 0 Å². The molecule has 104 valence electrons. The van der Waals surface area contributed by atoms with Crippen molar-refractivity contribution >= 4 is 5.97 Å². The maximum absolute atomic E-state index is 11.2. The van der Waals surface area contributed by atoms with Crippen molar-refractivity contribution in [3.05, 3.63) is 17.9 Å². The van der Waals surface area contributed by atoms with E-state index >= 15 is 0 Å². The summed E-state index contributed by atoms with van der Waals surface area (Å²) < 4.78 is 4.85. The lowest BCUT2D eigenvalue weighted by atomic mass is 9.99. The Morgan fingerprint density at radius 3 is 2.56 bits per heavy atom. The second-order valence-corrected chi connectivity index (χ2v) is 4.37. The van der Waals surface area contributed by atoms with Crippen molar-refractivity contribution in [1.29, 1.82) is 0 Å². The molecule has 0 bridgehead atoms. The molecule has 0 aromatic carbocycles. The number of carbonyl (C=O) groups excluding carboxylic acids is 1. The summed E-state index contributed by atoms with van der Waals surface area (Å²) in [5.41, 5.74) is 3.61. The van der Waals surface area contributed by atoms with E-state index in [9.17, 15) is 9.90 Å². The normalized spacial score (nSPS) is 11.7. The maximum Gasteiger partial charge on any atom is 0.305 e. The smallest absolute Gasteiger partial charge is 0.305 e. The molecule has 0 rings (SSSR count). The van der Waals surface area contributed by atoms with Crippen LogP contribution in [0, 0.1) is 0 Å². The third-order valence-electron chi connectivity index (χ3n) is 2.84. The Labute approximate surface area is 111 Å². The molecule has 3 heteroatoms. The van der Waals surface area contributed by atoms with Gasteiger partial charge in [-0.15, -0.1) is 5.73 Å². The first-order valence-electron chi connectivity index (χ1n) is 6.88. The van der Waals surface area contributed by atoms with E-state index in [4.69, 9.17) is 4.74 Å². The van der Waals surface area contributed by atoms with Gasteiger partial charge in [0.1, 0.15) is 0 Å². The second-order valence-electron chi connectivity index (χ2n) is 4.37. The van der Waals surface area contributed by atoms with Gasteiger partial charge >= 0.3 is 5.97 Å². The van der Waals surface area contributed by atoms with Gasteiger partial charge in [-0.3, -0.25) is 4.79 Å². The average Bonchev–Trinajstić information content (AvgIpc) is 2.35. The Bertz CT molecular complexity index is 277. The van der Waals surface area contributed by atoms with E-state index in [1.165, 1.54) is 0 Å². The summed E-state index contributed by atoms with van der Waals surface area (Å²) in [7, 11) is 0. The Hall–Kier alpha value is -1.05. The fourth-order valence-corrected chi connectivity index (χ4v) is 1.79. The Kier molecular flexibility index (Phi) is 10.4. The zero-order valence-corrected chi connectivity index (χ0v) is 11.7. The number of aliphatic hydroxyl groups is 1. The molecule has 0 saturated carbocycles. The molecule has 0 heterocycles. The van der Waals surface area contributed by atoms with Gasteiger partial charge in [-0.2, -0.15) is 0 Å². The maximum atomic E-state index is 11.2. The zero-order valence-electron chi connectivity index (χ0n) is 11.7. The number of rotatable bonds is 10. The largest absolute Gasteiger partial charge is 0.466 e. The van der Waals surface area contributed by atoms with Crippen LogP contribution in [0.2, 0.25) is 0 Å². The van der Waals surface area contributed by atoms with Crippen LogP contribution in [0.3, 0.4) is 0 Å². The third kappa shape index (κ3) is 8.10. The number of ether oxygens (including phenoxy) is 1.